The highest BCUT2D eigenvalue weighted by molar-refractivity contribution is 7.92. The fraction of sp³-hybridized carbons (Fsp3) is 0.350. The molecule has 1 amide bonds. The third-order valence-electron chi connectivity index (χ3n) is 4.82. The summed E-state index contributed by atoms with van der Waals surface area (Å²) in [5.41, 5.74) is 2.89. The molecular weight excluding hydrogens is 362 g/mol. The summed E-state index contributed by atoms with van der Waals surface area (Å²) in [6.45, 7) is 5.58. The number of carbonyl (C=O) groups is 1. The fourth-order valence-electron chi connectivity index (χ4n) is 3.03. The maximum Gasteiger partial charge on any atom is 0.261 e. The Morgan fingerprint density at radius 1 is 1.07 bits per heavy atom. The Morgan fingerprint density at radius 2 is 1.81 bits per heavy atom. The molecule has 3 rings (SSSR count). The number of hydrogen-bond donors (Lipinski definition) is 3. The number of piperidine rings is 1. The average Bonchev–Trinajstić information content (AvgIpc) is 2.65. The number of amides is 1. The Kier molecular flexibility index (Phi) is 5.82. The molecule has 2 aromatic carbocycles. The van der Waals surface area contributed by atoms with Gasteiger partial charge in [-0.3, -0.25) is 9.52 Å². The Labute approximate surface area is 160 Å². The van der Waals surface area contributed by atoms with E-state index in [4.69, 9.17) is 0 Å². The smallest absolute Gasteiger partial charge is 0.261 e. The quantitative estimate of drug-likeness (QED) is 0.736. The molecule has 0 bridgehead atoms. The van der Waals surface area contributed by atoms with Crippen LogP contribution in [-0.4, -0.2) is 33.5 Å². The predicted octanol–water partition coefficient (Wildman–Crippen LogP) is 2.59. The number of carbonyl (C=O) groups excluding carboxylic acids is 1. The van der Waals surface area contributed by atoms with E-state index >= 15 is 0 Å². The molecule has 3 N–H and O–H groups in total. The van der Waals surface area contributed by atoms with Gasteiger partial charge in [-0.15, -0.1) is 0 Å². The molecule has 1 fully saturated rings. The van der Waals surface area contributed by atoms with Gasteiger partial charge < -0.3 is 10.6 Å². The summed E-state index contributed by atoms with van der Waals surface area (Å²) in [7, 11) is -3.67. The van der Waals surface area contributed by atoms with Crippen LogP contribution in [0.15, 0.2) is 47.4 Å². The number of nitrogens with one attached hydrogen (secondary N) is 3. The Balaban J connectivity index is 1.67. The van der Waals surface area contributed by atoms with Crippen molar-refractivity contribution in [2.75, 3.05) is 17.8 Å². The lowest BCUT2D eigenvalue weighted by Gasteiger charge is -2.23. The number of benzene rings is 2. The molecule has 1 unspecified atom stereocenters. The first-order valence-electron chi connectivity index (χ1n) is 9.07. The molecule has 7 heteroatoms. The summed E-state index contributed by atoms with van der Waals surface area (Å²) in [4.78, 5) is 12.5. The standard InChI is InChI=1S/C20H25N3O3S/c1-14-5-10-19(12-15(14)2)27(25,26)23-17-8-6-16(7-9-17)20(24)22-18-4-3-11-21-13-18/h5-10,12,18,21,23H,3-4,11,13H2,1-2H3,(H,22,24). The Bertz CT molecular complexity index is 918. The molecule has 144 valence electrons. The first-order chi connectivity index (χ1) is 12.8. The second-order valence-electron chi connectivity index (χ2n) is 6.95. The molecule has 6 nitrogen and oxygen atoms in total. The van der Waals surface area contributed by atoms with Crippen molar-refractivity contribution < 1.29 is 13.2 Å². The molecule has 0 radical (unpaired) electrons. The van der Waals surface area contributed by atoms with Gasteiger partial charge in [0, 0.05) is 23.8 Å². The molecule has 1 atom stereocenters. The first kappa shape index (κ1) is 19.4. The van der Waals surface area contributed by atoms with E-state index in [-0.39, 0.29) is 16.8 Å². The first-order valence-corrected chi connectivity index (χ1v) is 10.6. The van der Waals surface area contributed by atoms with Gasteiger partial charge in [0.2, 0.25) is 0 Å². The van der Waals surface area contributed by atoms with Crippen LogP contribution in [0.4, 0.5) is 5.69 Å². The second-order valence-corrected chi connectivity index (χ2v) is 8.63. The van der Waals surface area contributed by atoms with Crippen LogP contribution >= 0.6 is 0 Å². The molecule has 1 aliphatic rings. The molecule has 0 aliphatic carbocycles. The van der Waals surface area contributed by atoms with Crippen LogP contribution in [-0.2, 0) is 10.0 Å². The topological polar surface area (TPSA) is 87.3 Å². The van der Waals surface area contributed by atoms with Crippen LogP contribution in [0.1, 0.15) is 34.3 Å². The van der Waals surface area contributed by atoms with Gasteiger partial charge in [0.15, 0.2) is 0 Å². The van der Waals surface area contributed by atoms with Crippen molar-refractivity contribution in [1.82, 2.24) is 10.6 Å². The minimum Gasteiger partial charge on any atom is -0.348 e. The number of rotatable bonds is 5. The lowest BCUT2D eigenvalue weighted by atomic mass is 10.1. The summed E-state index contributed by atoms with van der Waals surface area (Å²) in [6, 6.07) is 11.6. The monoisotopic (exact) mass is 387 g/mol. The number of hydrogen-bond acceptors (Lipinski definition) is 4. The molecule has 2 aromatic rings. The zero-order chi connectivity index (χ0) is 19.4. The summed E-state index contributed by atoms with van der Waals surface area (Å²) < 4.78 is 27.7. The van der Waals surface area contributed by atoms with E-state index < -0.39 is 10.0 Å². The molecule has 0 aromatic heterocycles. The second kappa shape index (κ2) is 8.10. The third-order valence-corrected chi connectivity index (χ3v) is 6.20. The van der Waals surface area contributed by atoms with E-state index in [0.29, 0.717) is 11.3 Å². The molecule has 27 heavy (non-hydrogen) atoms. The van der Waals surface area contributed by atoms with Gasteiger partial charge in [0.05, 0.1) is 4.90 Å². The minimum atomic E-state index is -3.67. The summed E-state index contributed by atoms with van der Waals surface area (Å²) in [5, 5.41) is 6.26. The van der Waals surface area contributed by atoms with Crippen molar-refractivity contribution in [3.05, 3.63) is 59.2 Å². The zero-order valence-corrected chi connectivity index (χ0v) is 16.4. The molecule has 1 heterocycles. The largest absolute Gasteiger partial charge is 0.348 e. The van der Waals surface area contributed by atoms with Gasteiger partial charge in [-0.1, -0.05) is 6.07 Å². The molecule has 0 spiro atoms. The van der Waals surface area contributed by atoms with Crippen LogP contribution in [0.3, 0.4) is 0 Å². The summed E-state index contributed by atoms with van der Waals surface area (Å²) in [6.07, 6.45) is 2.01. The lowest BCUT2D eigenvalue weighted by Crippen LogP contribution is -2.45. The molecular formula is C20H25N3O3S. The minimum absolute atomic E-state index is 0.134. The van der Waals surface area contributed by atoms with Gasteiger partial charge in [-0.05, 0) is 80.8 Å². The van der Waals surface area contributed by atoms with Crippen molar-refractivity contribution >= 4 is 21.6 Å². The highest BCUT2D eigenvalue weighted by atomic mass is 32.2. The van der Waals surface area contributed by atoms with Crippen molar-refractivity contribution in [3.8, 4) is 0 Å². The summed E-state index contributed by atoms with van der Waals surface area (Å²) in [5.74, 6) is -0.146. The van der Waals surface area contributed by atoms with Crippen molar-refractivity contribution in [3.63, 3.8) is 0 Å². The van der Waals surface area contributed by atoms with Gasteiger partial charge in [-0.2, -0.15) is 0 Å². The normalized spacial score (nSPS) is 17.3. The van der Waals surface area contributed by atoms with Crippen LogP contribution in [0, 0.1) is 13.8 Å². The molecule has 0 saturated carbocycles. The number of anilines is 1. The number of aryl methyl sites for hydroxylation is 2. The predicted molar refractivity (Wildman–Crippen MR) is 107 cm³/mol. The van der Waals surface area contributed by atoms with E-state index in [0.717, 1.165) is 37.1 Å². The van der Waals surface area contributed by atoms with Crippen LogP contribution in [0.25, 0.3) is 0 Å². The highest BCUT2D eigenvalue weighted by Gasteiger charge is 2.17. The average molecular weight is 388 g/mol. The van der Waals surface area contributed by atoms with E-state index in [1.807, 2.05) is 13.8 Å². The van der Waals surface area contributed by atoms with E-state index in [1.165, 1.54) is 0 Å². The fourth-order valence-corrected chi connectivity index (χ4v) is 4.17. The third kappa shape index (κ3) is 4.87. The Hall–Kier alpha value is -2.38. The zero-order valence-electron chi connectivity index (χ0n) is 15.6. The maximum absolute atomic E-state index is 12.5. The SMILES string of the molecule is Cc1ccc(S(=O)(=O)Nc2ccc(C(=O)NC3CCCNC3)cc2)cc1C. The van der Waals surface area contributed by atoms with E-state index in [1.54, 1.807) is 42.5 Å². The Morgan fingerprint density at radius 3 is 2.44 bits per heavy atom. The van der Waals surface area contributed by atoms with Gasteiger partial charge in [0.25, 0.3) is 15.9 Å². The van der Waals surface area contributed by atoms with E-state index in [2.05, 4.69) is 15.4 Å². The van der Waals surface area contributed by atoms with Crippen molar-refractivity contribution in [1.29, 1.82) is 0 Å². The van der Waals surface area contributed by atoms with Crippen molar-refractivity contribution in [2.24, 2.45) is 0 Å². The lowest BCUT2D eigenvalue weighted by molar-refractivity contribution is 0.0930. The summed E-state index contributed by atoms with van der Waals surface area (Å²) >= 11 is 0. The van der Waals surface area contributed by atoms with E-state index in [9.17, 15) is 13.2 Å². The van der Waals surface area contributed by atoms with Gasteiger partial charge in [0.1, 0.15) is 0 Å². The highest BCUT2D eigenvalue weighted by Crippen LogP contribution is 2.19. The molecule has 1 aliphatic heterocycles. The van der Waals surface area contributed by atoms with Crippen LogP contribution < -0.4 is 15.4 Å². The van der Waals surface area contributed by atoms with Gasteiger partial charge in [-0.25, -0.2) is 8.42 Å². The van der Waals surface area contributed by atoms with Crippen LogP contribution in [0.5, 0.6) is 0 Å². The number of sulfonamides is 1. The van der Waals surface area contributed by atoms with Crippen LogP contribution in [0.2, 0.25) is 0 Å². The van der Waals surface area contributed by atoms with Gasteiger partial charge >= 0.3 is 0 Å². The van der Waals surface area contributed by atoms with Crippen molar-refractivity contribution in [2.45, 2.75) is 37.6 Å². The molecule has 1 saturated heterocycles. The maximum atomic E-state index is 12.5.